The molecule has 126 valence electrons. The number of aliphatic hydroxyl groups is 1. The first-order valence-electron chi connectivity index (χ1n) is 8.15. The lowest BCUT2D eigenvalue weighted by molar-refractivity contribution is 0.00969. The summed E-state index contributed by atoms with van der Waals surface area (Å²) in [5.74, 6) is 0.650. The molecule has 2 amide bonds. The summed E-state index contributed by atoms with van der Waals surface area (Å²) in [6, 6.07) is 9.24. The van der Waals surface area contributed by atoms with Gasteiger partial charge in [-0.05, 0) is 25.3 Å². The van der Waals surface area contributed by atoms with Crippen molar-refractivity contribution >= 4 is 11.7 Å². The van der Waals surface area contributed by atoms with Gasteiger partial charge in [-0.3, -0.25) is 0 Å². The summed E-state index contributed by atoms with van der Waals surface area (Å²) in [4.78, 5) is 20.6. The fraction of sp³-hybridized carbons (Fsp3) is 0.389. The average Bonchev–Trinajstić information content (AvgIpc) is 2.56. The lowest BCUT2D eigenvalue weighted by Gasteiger charge is -2.46. The van der Waals surface area contributed by atoms with Crippen LogP contribution in [0.4, 0.5) is 10.5 Å². The number of benzene rings is 1. The predicted molar refractivity (Wildman–Crippen MR) is 91.5 cm³/mol. The third kappa shape index (κ3) is 3.38. The highest BCUT2D eigenvalue weighted by Gasteiger charge is 2.45. The molecule has 0 radical (unpaired) electrons. The van der Waals surface area contributed by atoms with Gasteiger partial charge in [0.2, 0.25) is 0 Å². The number of hydrogen-bond acceptors (Lipinski definition) is 4. The number of anilines is 1. The number of rotatable bonds is 5. The van der Waals surface area contributed by atoms with E-state index in [1.165, 1.54) is 0 Å². The molecule has 0 aliphatic heterocycles. The predicted octanol–water partition coefficient (Wildman–Crippen LogP) is 2.81. The van der Waals surface area contributed by atoms with E-state index in [9.17, 15) is 9.90 Å². The van der Waals surface area contributed by atoms with Crippen LogP contribution in [0.3, 0.4) is 0 Å². The first kappa shape index (κ1) is 16.4. The fourth-order valence-corrected chi connectivity index (χ4v) is 3.16. The molecule has 0 spiro atoms. The number of aliphatic hydroxyl groups excluding tert-OH is 1. The number of urea groups is 1. The van der Waals surface area contributed by atoms with E-state index < -0.39 is 0 Å². The Morgan fingerprint density at radius 1 is 1.25 bits per heavy atom. The van der Waals surface area contributed by atoms with Gasteiger partial charge >= 0.3 is 6.03 Å². The Hall–Kier alpha value is -2.47. The quantitative estimate of drug-likeness (QED) is 0.788. The van der Waals surface area contributed by atoms with Crippen molar-refractivity contribution in [1.82, 2.24) is 15.3 Å². The molecule has 6 nitrogen and oxygen atoms in total. The Bertz CT molecular complexity index is 678. The van der Waals surface area contributed by atoms with Gasteiger partial charge in [0.25, 0.3) is 0 Å². The van der Waals surface area contributed by atoms with Crippen molar-refractivity contribution in [3.05, 3.63) is 54.1 Å². The third-order valence-electron chi connectivity index (χ3n) is 4.72. The van der Waals surface area contributed by atoms with E-state index in [1.54, 1.807) is 19.3 Å². The number of nitrogens with zero attached hydrogens (tertiary/aromatic N) is 2. The summed E-state index contributed by atoms with van der Waals surface area (Å²) in [6.07, 6.45) is 6.02. The van der Waals surface area contributed by atoms with Crippen molar-refractivity contribution in [1.29, 1.82) is 0 Å². The summed E-state index contributed by atoms with van der Waals surface area (Å²) in [7, 11) is 0. The Kier molecular flexibility index (Phi) is 4.76. The first-order valence-corrected chi connectivity index (χ1v) is 8.15. The van der Waals surface area contributed by atoms with Gasteiger partial charge in [-0.25, -0.2) is 14.8 Å². The monoisotopic (exact) mass is 326 g/mol. The maximum absolute atomic E-state index is 12.4. The minimum atomic E-state index is -0.323. The molecule has 1 aliphatic rings. The molecule has 6 heteroatoms. The molecule has 1 saturated carbocycles. The Labute approximate surface area is 141 Å². The van der Waals surface area contributed by atoms with Gasteiger partial charge in [0, 0.05) is 5.41 Å². The largest absolute Gasteiger partial charge is 0.396 e. The smallest absolute Gasteiger partial charge is 0.319 e. The van der Waals surface area contributed by atoms with Crippen LogP contribution < -0.4 is 10.6 Å². The zero-order valence-electron chi connectivity index (χ0n) is 13.7. The van der Waals surface area contributed by atoms with Gasteiger partial charge in [-0.1, -0.05) is 36.8 Å². The Morgan fingerprint density at radius 3 is 2.46 bits per heavy atom. The molecule has 2 aromatic rings. The van der Waals surface area contributed by atoms with Crippen molar-refractivity contribution in [3.8, 4) is 0 Å². The van der Waals surface area contributed by atoms with E-state index in [1.807, 2.05) is 30.3 Å². The highest BCUT2D eigenvalue weighted by Crippen LogP contribution is 2.49. The number of hydrogen-bond donors (Lipinski definition) is 3. The second-order valence-corrected chi connectivity index (χ2v) is 6.34. The number of aromatic nitrogens is 2. The summed E-state index contributed by atoms with van der Waals surface area (Å²) < 4.78 is 0. The van der Waals surface area contributed by atoms with Crippen LogP contribution >= 0.6 is 0 Å². The highest BCUT2D eigenvalue weighted by atomic mass is 16.3. The van der Waals surface area contributed by atoms with Crippen LogP contribution in [-0.2, 0) is 0 Å². The molecule has 1 fully saturated rings. The molecule has 1 heterocycles. The second kappa shape index (κ2) is 6.97. The molecule has 24 heavy (non-hydrogen) atoms. The summed E-state index contributed by atoms with van der Waals surface area (Å²) >= 11 is 0. The maximum atomic E-state index is 12.4. The molecule has 1 aliphatic carbocycles. The zero-order chi connectivity index (χ0) is 17.0. The van der Waals surface area contributed by atoms with E-state index in [0.717, 1.165) is 24.8 Å². The Balaban J connectivity index is 1.76. The van der Waals surface area contributed by atoms with Crippen LogP contribution in [0.2, 0.25) is 0 Å². The van der Waals surface area contributed by atoms with Crippen molar-refractivity contribution in [3.63, 3.8) is 0 Å². The molecule has 1 aromatic carbocycles. The maximum Gasteiger partial charge on any atom is 0.319 e. The van der Waals surface area contributed by atoms with E-state index >= 15 is 0 Å². The fourth-order valence-electron chi connectivity index (χ4n) is 3.16. The first-order chi connectivity index (χ1) is 11.6. The summed E-state index contributed by atoms with van der Waals surface area (Å²) in [5, 5.41) is 15.7. The lowest BCUT2D eigenvalue weighted by atomic mass is 9.63. The van der Waals surface area contributed by atoms with Gasteiger partial charge in [0.1, 0.15) is 5.82 Å². The van der Waals surface area contributed by atoms with Gasteiger partial charge in [-0.2, -0.15) is 0 Å². The Morgan fingerprint density at radius 2 is 1.92 bits per heavy atom. The average molecular weight is 326 g/mol. The summed E-state index contributed by atoms with van der Waals surface area (Å²) in [5.41, 5.74) is 1.25. The minimum Gasteiger partial charge on any atom is -0.396 e. The van der Waals surface area contributed by atoms with Crippen LogP contribution in [0, 0.1) is 12.3 Å². The highest BCUT2D eigenvalue weighted by molar-refractivity contribution is 5.89. The van der Waals surface area contributed by atoms with Crippen LogP contribution in [0.5, 0.6) is 0 Å². The minimum absolute atomic E-state index is 0.0560. The third-order valence-corrected chi connectivity index (χ3v) is 4.72. The van der Waals surface area contributed by atoms with Gasteiger partial charge in [0.05, 0.1) is 30.7 Å². The van der Waals surface area contributed by atoms with Gasteiger partial charge < -0.3 is 15.7 Å². The molecule has 0 bridgehead atoms. The van der Waals surface area contributed by atoms with E-state index in [-0.39, 0.29) is 24.1 Å². The molecule has 3 rings (SSSR count). The standard InChI is InChI=1S/C18H22N4O2/c1-13-19-10-15(11-20-13)21-17(24)22-16(14-6-3-2-4-7-14)18(12-23)8-5-9-18/h2-4,6-7,10-11,16,23H,5,8-9,12H2,1H3,(H2,21,22,24)/t16-/m1/s1. The normalized spacial score (nSPS) is 16.8. The molecule has 1 atom stereocenters. The molecular weight excluding hydrogens is 304 g/mol. The van der Waals surface area contributed by atoms with Crippen molar-refractivity contribution in [2.24, 2.45) is 5.41 Å². The van der Waals surface area contributed by atoms with Crippen molar-refractivity contribution < 1.29 is 9.90 Å². The van der Waals surface area contributed by atoms with Gasteiger partial charge in [0.15, 0.2) is 0 Å². The van der Waals surface area contributed by atoms with E-state index in [4.69, 9.17) is 0 Å². The molecule has 0 saturated heterocycles. The second-order valence-electron chi connectivity index (χ2n) is 6.34. The number of amides is 2. The number of carbonyl (C=O) groups excluding carboxylic acids is 1. The number of carbonyl (C=O) groups is 1. The van der Waals surface area contributed by atoms with E-state index in [0.29, 0.717) is 11.5 Å². The molecule has 1 aromatic heterocycles. The van der Waals surface area contributed by atoms with Crippen molar-refractivity contribution in [2.75, 3.05) is 11.9 Å². The van der Waals surface area contributed by atoms with Crippen LogP contribution in [-0.4, -0.2) is 27.7 Å². The van der Waals surface area contributed by atoms with Crippen molar-refractivity contribution in [2.45, 2.75) is 32.2 Å². The SMILES string of the molecule is Cc1ncc(NC(=O)N[C@H](c2ccccc2)C2(CO)CCC2)cn1. The van der Waals surface area contributed by atoms with Crippen LogP contribution in [0.1, 0.15) is 36.7 Å². The molecular formula is C18H22N4O2. The van der Waals surface area contributed by atoms with Crippen LogP contribution in [0.15, 0.2) is 42.7 Å². The van der Waals surface area contributed by atoms with Crippen LogP contribution in [0.25, 0.3) is 0 Å². The zero-order valence-corrected chi connectivity index (χ0v) is 13.7. The number of aryl methyl sites for hydroxylation is 1. The molecule has 3 N–H and O–H groups in total. The topological polar surface area (TPSA) is 87.1 Å². The van der Waals surface area contributed by atoms with Gasteiger partial charge in [-0.15, -0.1) is 0 Å². The summed E-state index contributed by atoms with van der Waals surface area (Å²) in [6.45, 7) is 1.84. The lowest BCUT2D eigenvalue weighted by Crippen LogP contribution is -2.48. The molecule has 0 unspecified atom stereocenters. The number of nitrogens with one attached hydrogen (secondary N) is 2. The van der Waals surface area contributed by atoms with E-state index in [2.05, 4.69) is 20.6 Å².